The summed E-state index contributed by atoms with van der Waals surface area (Å²) in [5.41, 5.74) is 2.76. The van der Waals surface area contributed by atoms with Gasteiger partial charge in [-0.05, 0) is 18.1 Å². The molecule has 0 amide bonds. The van der Waals surface area contributed by atoms with Crippen molar-refractivity contribution in [1.29, 1.82) is 0 Å². The van der Waals surface area contributed by atoms with Crippen molar-refractivity contribution in [3.05, 3.63) is 78.7 Å². The van der Waals surface area contributed by atoms with Gasteiger partial charge in [-0.2, -0.15) is 0 Å². The summed E-state index contributed by atoms with van der Waals surface area (Å²) in [4.78, 5) is 10.8. The van der Waals surface area contributed by atoms with Crippen LogP contribution in [-0.4, -0.2) is 17.7 Å². The van der Waals surface area contributed by atoms with Gasteiger partial charge in [-0.3, -0.25) is 0 Å². The van der Waals surface area contributed by atoms with Crippen molar-refractivity contribution in [1.82, 2.24) is 5.16 Å². The van der Waals surface area contributed by atoms with E-state index in [4.69, 9.17) is 0 Å². The number of hydrogen-bond donors (Lipinski definition) is 0. The summed E-state index contributed by atoms with van der Waals surface area (Å²) in [5, 5.41) is 3.39. The summed E-state index contributed by atoms with van der Waals surface area (Å²) in [7, 11) is 0. The molecule has 0 saturated heterocycles. The largest absolute Gasteiger partial charge is 0.461 e. The van der Waals surface area contributed by atoms with E-state index in [-0.39, 0.29) is 5.69 Å². The highest BCUT2D eigenvalue weighted by Gasteiger charge is 2.07. The molecule has 0 spiro atoms. The van der Waals surface area contributed by atoms with E-state index in [1.54, 1.807) is 6.92 Å². The molecule has 22 heavy (non-hydrogen) atoms. The Hall–Kier alpha value is -2.88. The van der Waals surface area contributed by atoms with Gasteiger partial charge in [0.05, 0.1) is 6.61 Å². The highest BCUT2D eigenvalue weighted by atomic mass is 16.5. The van der Waals surface area contributed by atoms with Crippen LogP contribution in [0.5, 0.6) is 0 Å². The summed E-state index contributed by atoms with van der Waals surface area (Å²) in [6.45, 7) is 2.09. The lowest BCUT2D eigenvalue weighted by molar-refractivity contribution is 0.0514. The Morgan fingerprint density at radius 2 is 1.50 bits per heavy atom. The molecule has 0 bridgehead atoms. The fraction of sp³-hybridized carbons (Fsp3) is 0.111. The monoisotopic (exact) mass is 295 g/mol. The quantitative estimate of drug-likeness (QED) is 0.679. The Kier molecular flexibility index (Phi) is 5.93. The maximum absolute atomic E-state index is 10.8. The highest BCUT2D eigenvalue weighted by molar-refractivity contribution is 5.86. The second kappa shape index (κ2) is 8.42. The minimum atomic E-state index is -0.448. The van der Waals surface area contributed by atoms with Crippen LogP contribution in [0.4, 0.5) is 0 Å². The number of carbonyl (C=O) groups excluding carboxylic acids is 1. The number of hydrogen-bond acceptors (Lipinski definition) is 4. The lowest BCUT2D eigenvalue weighted by Gasteiger charge is -1.98. The van der Waals surface area contributed by atoms with E-state index < -0.39 is 5.97 Å². The van der Waals surface area contributed by atoms with Crippen LogP contribution in [0.15, 0.2) is 77.5 Å². The molecule has 0 N–H and O–H groups in total. The first-order valence-electron chi connectivity index (χ1n) is 6.99. The smallest absolute Gasteiger partial charge is 0.360 e. The van der Waals surface area contributed by atoms with Crippen LogP contribution in [0.1, 0.15) is 17.4 Å². The van der Waals surface area contributed by atoms with Crippen LogP contribution in [0.25, 0.3) is 11.1 Å². The molecule has 0 aliphatic carbocycles. The van der Waals surface area contributed by atoms with Gasteiger partial charge in [0.1, 0.15) is 6.26 Å². The summed E-state index contributed by atoms with van der Waals surface area (Å²) in [6.07, 6.45) is 1.33. The average Bonchev–Trinajstić information content (AvgIpc) is 3.12. The van der Waals surface area contributed by atoms with Crippen LogP contribution >= 0.6 is 0 Å². The number of ether oxygens (including phenoxy) is 1. The van der Waals surface area contributed by atoms with E-state index in [1.807, 2.05) is 12.1 Å². The normalized spacial score (nSPS) is 9.50. The molecule has 0 saturated carbocycles. The number of aromatic nitrogens is 1. The number of rotatable bonds is 3. The molecular formula is C18H17NO3. The maximum Gasteiger partial charge on any atom is 0.360 e. The minimum absolute atomic E-state index is 0.210. The van der Waals surface area contributed by atoms with Crippen molar-refractivity contribution in [3.63, 3.8) is 0 Å². The lowest BCUT2D eigenvalue weighted by atomic mass is 10.1. The molecule has 2 aromatic carbocycles. The standard InChI is InChI=1S/C12H10.C6H7NO3/c1-3-7-11(8-4-1)12-9-5-2-6-10-12;1-2-9-6(8)5-3-4-10-7-5/h1-10H;3-4H,2H2,1H3. The Bertz CT molecular complexity index is 627. The van der Waals surface area contributed by atoms with Crippen molar-refractivity contribution in [3.8, 4) is 11.1 Å². The predicted octanol–water partition coefficient (Wildman–Crippen LogP) is 4.20. The van der Waals surface area contributed by atoms with E-state index in [0.29, 0.717) is 6.61 Å². The minimum Gasteiger partial charge on any atom is -0.461 e. The Morgan fingerprint density at radius 3 is 1.91 bits per heavy atom. The third kappa shape index (κ3) is 4.59. The molecule has 3 rings (SSSR count). The number of esters is 1. The van der Waals surface area contributed by atoms with Crippen LogP contribution < -0.4 is 0 Å². The first-order valence-corrected chi connectivity index (χ1v) is 6.99. The van der Waals surface area contributed by atoms with E-state index in [2.05, 4.69) is 62.9 Å². The van der Waals surface area contributed by atoms with Crippen molar-refractivity contribution in [2.45, 2.75) is 6.92 Å². The maximum atomic E-state index is 10.8. The lowest BCUT2D eigenvalue weighted by Crippen LogP contribution is -2.04. The molecule has 0 aliphatic rings. The zero-order valence-electron chi connectivity index (χ0n) is 12.3. The second-order valence-corrected chi connectivity index (χ2v) is 4.34. The summed E-state index contributed by atoms with van der Waals surface area (Å²) in [6, 6.07) is 22.2. The van der Waals surface area contributed by atoms with Gasteiger partial charge in [0, 0.05) is 6.07 Å². The topological polar surface area (TPSA) is 52.3 Å². The first-order chi connectivity index (χ1) is 10.8. The summed E-state index contributed by atoms with van der Waals surface area (Å²) < 4.78 is 9.06. The van der Waals surface area contributed by atoms with Gasteiger partial charge in [-0.1, -0.05) is 65.8 Å². The van der Waals surface area contributed by atoms with Crippen LogP contribution in [0.2, 0.25) is 0 Å². The number of nitrogens with zero attached hydrogens (tertiary/aromatic N) is 1. The zero-order valence-corrected chi connectivity index (χ0v) is 12.3. The van der Waals surface area contributed by atoms with Crippen molar-refractivity contribution in [2.24, 2.45) is 0 Å². The van der Waals surface area contributed by atoms with Crippen LogP contribution in [-0.2, 0) is 4.74 Å². The molecule has 0 aliphatic heterocycles. The Labute approximate surface area is 129 Å². The fourth-order valence-corrected chi connectivity index (χ4v) is 1.78. The highest BCUT2D eigenvalue weighted by Crippen LogP contribution is 2.17. The van der Waals surface area contributed by atoms with Gasteiger partial charge in [0.15, 0.2) is 5.69 Å². The Balaban J connectivity index is 0.000000164. The zero-order chi connectivity index (χ0) is 15.6. The fourth-order valence-electron chi connectivity index (χ4n) is 1.78. The molecule has 1 aromatic heterocycles. The molecule has 0 fully saturated rings. The Morgan fingerprint density at radius 1 is 0.955 bits per heavy atom. The average molecular weight is 295 g/mol. The van der Waals surface area contributed by atoms with Gasteiger partial charge >= 0.3 is 5.97 Å². The number of benzene rings is 2. The molecule has 0 radical (unpaired) electrons. The third-order valence-electron chi connectivity index (χ3n) is 2.80. The molecule has 0 atom stereocenters. The van der Waals surface area contributed by atoms with Crippen LogP contribution in [0, 0.1) is 0 Å². The molecule has 4 nitrogen and oxygen atoms in total. The van der Waals surface area contributed by atoms with Gasteiger partial charge < -0.3 is 9.26 Å². The van der Waals surface area contributed by atoms with Gasteiger partial charge in [-0.25, -0.2) is 4.79 Å². The molecule has 112 valence electrons. The number of carbonyl (C=O) groups is 1. The van der Waals surface area contributed by atoms with Gasteiger partial charge in [0.2, 0.25) is 0 Å². The van der Waals surface area contributed by atoms with E-state index in [9.17, 15) is 4.79 Å². The molecule has 0 unspecified atom stereocenters. The van der Waals surface area contributed by atoms with Gasteiger partial charge in [0.25, 0.3) is 0 Å². The molecule has 1 heterocycles. The van der Waals surface area contributed by atoms with Crippen molar-refractivity contribution < 1.29 is 14.1 Å². The SMILES string of the molecule is CCOC(=O)c1ccon1.c1ccc(-c2ccccc2)cc1. The summed E-state index contributed by atoms with van der Waals surface area (Å²) in [5.74, 6) is -0.448. The van der Waals surface area contributed by atoms with E-state index in [0.717, 1.165) is 0 Å². The van der Waals surface area contributed by atoms with Gasteiger partial charge in [-0.15, -0.1) is 0 Å². The molecule has 4 heteroatoms. The molecular weight excluding hydrogens is 278 g/mol. The third-order valence-corrected chi connectivity index (χ3v) is 2.80. The first kappa shape index (κ1) is 15.5. The molecule has 3 aromatic rings. The summed E-state index contributed by atoms with van der Waals surface area (Å²) >= 11 is 0. The van der Waals surface area contributed by atoms with Crippen molar-refractivity contribution >= 4 is 5.97 Å². The van der Waals surface area contributed by atoms with Crippen molar-refractivity contribution in [2.75, 3.05) is 6.61 Å². The second-order valence-electron chi connectivity index (χ2n) is 4.34. The predicted molar refractivity (Wildman–Crippen MR) is 84.3 cm³/mol. The van der Waals surface area contributed by atoms with E-state index >= 15 is 0 Å². The van der Waals surface area contributed by atoms with Crippen LogP contribution in [0.3, 0.4) is 0 Å². The van der Waals surface area contributed by atoms with E-state index in [1.165, 1.54) is 23.5 Å².